The minimum absolute atomic E-state index is 0.262. The van der Waals surface area contributed by atoms with Gasteiger partial charge in [-0.15, -0.1) is 0 Å². The summed E-state index contributed by atoms with van der Waals surface area (Å²) in [5.41, 5.74) is 4.68. The number of hydrogen-bond donors (Lipinski definition) is 2. The Balaban J connectivity index is 1.35. The molecule has 0 radical (unpaired) electrons. The quantitative estimate of drug-likeness (QED) is 0.327. The molecule has 2 amide bonds. The highest BCUT2D eigenvalue weighted by molar-refractivity contribution is 6.35. The van der Waals surface area contributed by atoms with Gasteiger partial charge in [0.2, 0.25) is 0 Å². The monoisotopic (exact) mass is 517 g/mol. The van der Waals surface area contributed by atoms with Crippen molar-refractivity contribution < 1.29 is 18.7 Å². The van der Waals surface area contributed by atoms with Gasteiger partial charge in [-0.2, -0.15) is 5.10 Å². The molecule has 0 saturated heterocycles. The van der Waals surface area contributed by atoms with Crippen LogP contribution in [0, 0.1) is 6.92 Å². The zero-order chi connectivity index (χ0) is 24.8. The first-order chi connectivity index (χ1) is 16.9. The number of hydrogen-bond acceptors (Lipinski definition) is 6. The Morgan fingerprint density at radius 1 is 1.29 bits per heavy atom. The van der Waals surface area contributed by atoms with Crippen molar-refractivity contribution in [1.82, 2.24) is 20.3 Å². The van der Waals surface area contributed by atoms with Crippen LogP contribution < -0.4 is 15.5 Å². The zero-order valence-corrected chi connectivity index (χ0v) is 20.7. The summed E-state index contributed by atoms with van der Waals surface area (Å²) < 4.78 is 13.3. The Kier molecular flexibility index (Phi) is 8.09. The summed E-state index contributed by atoms with van der Waals surface area (Å²) in [5.74, 6) is 0.630. The standard InChI is InChI=1S/C24H25Cl2N5O4/c1-15-22-18(29-30-21(32)13-34-19-7-6-16(25)12-17(19)26)4-2-5-20(22)35-23(15)24(33)28-8-3-10-31-11-9-27-14-31/h6-7,9,11-12,14H,2-5,8,10,13H2,1H3,(H,28,33)(H,30,32)/b29-18+. The maximum absolute atomic E-state index is 12.7. The minimum atomic E-state index is -0.437. The maximum Gasteiger partial charge on any atom is 0.287 e. The molecule has 0 spiro atoms. The Morgan fingerprint density at radius 2 is 2.14 bits per heavy atom. The SMILES string of the molecule is Cc1c(C(=O)NCCCn2ccnc2)oc2c1/C(=N/NC(=O)COc1ccc(Cl)cc1Cl)CCC2. The van der Waals surface area contributed by atoms with Crippen molar-refractivity contribution in [2.24, 2.45) is 5.10 Å². The number of imidazole rings is 1. The molecule has 11 heteroatoms. The van der Waals surface area contributed by atoms with E-state index in [0.717, 1.165) is 24.9 Å². The number of furan rings is 1. The molecular formula is C24H25Cl2N5O4. The Hall–Kier alpha value is -3.30. The first kappa shape index (κ1) is 24.8. The third-order valence-electron chi connectivity index (χ3n) is 5.54. The molecule has 0 saturated carbocycles. The predicted octanol–water partition coefficient (Wildman–Crippen LogP) is 4.15. The number of ether oxygens (including phenoxy) is 1. The minimum Gasteiger partial charge on any atom is -0.482 e. The summed E-state index contributed by atoms with van der Waals surface area (Å²) >= 11 is 11.9. The smallest absolute Gasteiger partial charge is 0.287 e. The van der Waals surface area contributed by atoms with Crippen LogP contribution in [0.5, 0.6) is 5.75 Å². The van der Waals surface area contributed by atoms with Gasteiger partial charge in [0, 0.05) is 48.1 Å². The topological polar surface area (TPSA) is 111 Å². The van der Waals surface area contributed by atoms with Gasteiger partial charge in [-0.1, -0.05) is 23.2 Å². The van der Waals surface area contributed by atoms with Crippen molar-refractivity contribution in [1.29, 1.82) is 0 Å². The van der Waals surface area contributed by atoms with Crippen LogP contribution in [-0.2, 0) is 17.8 Å². The highest BCUT2D eigenvalue weighted by Gasteiger charge is 2.28. The molecule has 35 heavy (non-hydrogen) atoms. The number of fused-ring (bicyclic) bond motifs is 1. The first-order valence-electron chi connectivity index (χ1n) is 11.2. The van der Waals surface area contributed by atoms with Gasteiger partial charge in [0.1, 0.15) is 11.5 Å². The number of aromatic nitrogens is 2. The van der Waals surface area contributed by atoms with Crippen molar-refractivity contribution in [2.45, 2.75) is 39.2 Å². The van der Waals surface area contributed by atoms with Crippen LogP contribution in [-0.4, -0.2) is 40.2 Å². The molecule has 2 heterocycles. The molecule has 4 rings (SSSR count). The number of rotatable bonds is 9. The van der Waals surface area contributed by atoms with E-state index in [0.29, 0.717) is 52.2 Å². The lowest BCUT2D eigenvalue weighted by Gasteiger charge is -2.13. The van der Waals surface area contributed by atoms with E-state index in [1.165, 1.54) is 6.07 Å². The average Bonchev–Trinajstić information content (AvgIpc) is 3.48. The number of benzene rings is 1. The number of hydrazone groups is 1. The summed E-state index contributed by atoms with van der Waals surface area (Å²) in [4.78, 5) is 29.0. The summed E-state index contributed by atoms with van der Waals surface area (Å²) in [7, 11) is 0. The second-order valence-corrected chi connectivity index (χ2v) is 8.92. The van der Waals surface area contributed by atoms with Crippen molar-refractivity contribution in [2.75, 3.05) is 13.2 Å². The molecule has 2 N–H and O–H groups in total. The number of carbonyl (C=O) groups is 2. The molecule has 184 valence electrons. The summed E-state index contributed by atoms with van der Waals surface area (Å²) in [6, 6.07) is 4.76. The molecule has 3 aromatic rings. The van der Waals surface area contributed by atoms with E-state index in [9.17, 15) is 9.59 Å². The fourth-order valence-corrected chi connectivity index (χ4v) is 4.32. The van der Waals surface area contributed by atoms with Gasteiger partial charge in [-0.25, -0.2) is 10.4 Å². The Labute approximate surface area is 212 Å². The highest BCUT2D eigenvalue weighted by atomic mass is 35.5. The van der Waals surface area contributed by atoms with E-state index in [2.05, 4.69) is 20.8 Å². The van der Waals surface area contributed by atoms with E-state index in [1.54, 1.807) is 24.7 Å². The molecule has 1 aromatic carbocycles. The Morgan fingerprint density at radius 3 is 2.91 bits per heavy atom. The van der Waals surface area contributed by atoms with Crippen LogP contribution >= 0.6 is 23.2 Å². The second-order valence-electron chi connectivity index (χ2n) is 8.07. The fourth-order valence-electron chi connectivity index (χ4n) is 3.86. The molecule has 2 aromatic heterocycles. The van der Waals surface area contributed by atoms with Gasteiger partial charge in [0.15, 0.2) is 12.4 Å². The molecule has 0 unspecified atom stereocenters. The molecule has 0 bridgehead atoms. The van der Waals surface area contributed by atoms with E-state index < -0.39 is 5.91 Å². The Bertz CT molecular complexity index is 1240. The summed E-state index contributed by atoms with van der Waals surface area (Å²) in [6.07, 6.45) is 8.27. The third-order valence-corrected chi connectivity index (χ3v) is 6.07. The molecule has 0 fully saturated rings. The average molecular weight is 518 g/mol. The van der Waals surface area contributed by atoms with E-state index >= 15 is 0 Å². The summed E-state index contributed by atoms with van der Waals surface area (Å²) in [6.45, 7) is 2.84. The number of nitrogens with zero attached hydrogens (tertiary/aromatic N) is 3. The number of amides is 2. The van der Waals surface area contributed by atoms with Gasteiger partial charge in [0.05, 0.1) is 17.1 Å². The largest absolute Gasteiger partial charge is 0.482 e. The van der Waals surface area contributed by atoms with Crippen LogP contribution in [0.4, 0.5) is 0 Å². The fraction of sp³-hybridized carbons (Fsp3) is 0.333. The van der Waals surface area contributed by atoms with Gasteiger partial charge >= 0.3 is 0 Å². The molecule has 1 aliphatic carbocycles. The highest BCUT2D eigenvalue weighted by Crippen LogP contribution is 2.30. The maximum atomic E-state index is 12.7. The lowest BCUT2D eigenvalue weighted by Crippen LogP contribution is -2.27. The molecule has 1 aliphatic rings. The van der Waals surface area contributed by atoms with E-state index in [1.807, 2.05) is 17.7 Å². The van der Waals surface area contributed by atoms with Crippen LogP contribution in [0.15, 0.2) is 46.4 Å². The lowest BCUT2D eigenvalue weighted by atomic mass is 9.93. The van der Waals surface area contributed by atoms with Gasteiger partial charge in [0.25, 0.3) is 11.8 Å². The molecule has 0 aliphatic heterocycles. The molecule has 0 atom stereocenters. The number of aryl methyl sites for hydroxylation is 2. The van der Waals surface area contributed by atoms with E-state index in [-0.39, 0.29) is 18.3 Å². The van der Waals surface area contributed by atoms with Crippen molar-refractivity contribution in [3.05, 3.63) is 69.6 Å². The van der Waals surface area contributed by atoms with Crippen molar-refractivity contribution >= 4 is 40.7 Å². The third kappa shape index (κ3) is 6.23. The number of carbonyl (C=O) groups excluding carboxylic acids is 2. The van der Waals surface area contributed by atoms with Crippen molar-refractivity contribution in [3.63, 3.8) is 0 Å². The van der Waals surface area contributed by atoms with Gasteiger partial charge in [-0.05, 0) is 44.4 Å². The van der Waals surface area contributed by atoms with Crippen LogP contribution in [0.25, 0.3) is 0 Å². The van der Waals surface area contributed by atoms with Crippen LogP contribution in [0.3, 0.4) is 0 Å². The van der Waals surface area contributed by atoms with Crippen molar-refractivity contribution in [3.8, 4) is 5.75 Å². The molecular weight excluding hydrogens is 493 g/mol. The number of halogens is 2. The lowest BCUT2D eigenvalue weighted by molar-refractivity contribution is -0.123. The van der Waals surface area contributed by atoms with Gasteiger partial charge in [-0.3, -0.25) is 9.59 Å². The van der Waals surface area contributed by atoms with E-state index in [4.69, 9.17) is 32.4 Å². The summed E-state index contributed by atoms with van der Waals surface area (Å²) in [5, 5.41) is 7.99. The number of nitrogens with one attached hydrogen (secondary N) is 2. The van der Waals surface area contributed by atoms with Gasteiger partial charge < -0.3 is 19.0 Å². The first-order valence-corrected chi connectivity index (χ1v) is 12.0. The zero-order valence-electron chi connectivity index (χ0n) is 19.1. The van der Waals surface area contributed by atoms with Crippen LogP contribution in [0.1, 0.15) is 46.7 Å². The second kappa shape index (κ2) is 11.4. The predicted molar refractivity (Wildman–Crippen MR) is 132 cm³/mol. The normalized spacial score (nSPS) is 14.0. The molecule has 9 nitrogen and oxygen atoms in total. The van der Waals surface area contributed by atoms with Crippen LogP contribution in [0.2, 0.25) is 10.0 Å².